The summed E-state index contributed by atoms with van der Waals surface area (Å²) in [4.78, 5) is 10.9. The zero-order chi connectivity index (χ0) is 18.2. The average molecular weight is 333 g/mol. The number of ether oxygens (including phenoxy) is 2. The number of nitriles is 1. The maximum absolute atomic E-state index is 10.9. The quantitative estimate of drug-likeness (QED) is 0.497. The summed E-state index contributed by atoms with van der Waals surface area (Å²) < 4.78 is 10.7. The number of hydrogen-bond donors (Lipinski definition) is 1. The van der Waals surface area contributed by atoms with E-state index in [0.717, 1.165) is 5.56 Å². The number of carbonyl (C=O) groups is 1. The van der Waals surface area contributed by atoms with E-state index in [-0.39, 0.29) is 12.2 Å². The van der Waals surface area contributed by atoms with E-state index in [1.54, 1.807) is 36.4 Å². The van der Waals surface area contributed by atoms with Gasteiger partial charge in [0.15, 0.2) is 11.5 Å². The van der Waals surface area contributed by atoms with Gasteiger partial charge in [-0.3, -0.25) is 0 Å². The number of carboxylic acids is 1. The van der Waals surface area contributed by atoms with Crippen LogP contribution in [0.3, 0.4) is 0 Å². The molecule has 5 nitrogen and oxygen atoms in total. The Balaban J connectivity index is 2.34. The smallest absolute Gasteiger partial charge is 0.335 e. The highest BCUT2D eigenvalue weighted by molar-refractivity contribution is 5.92. The number of methoxy groups -OCH3 is 1. The first-order chi connectivity index (χ1) is 12.1. The molecule has 0 saturated carbocycles. The number of carboxylic acid groups (broad SMARTS) is 1. The summed E-state index contributed by atoms with van der Waals surface area (Å²) >= 11 is 0. The highest BCUT2D eigenvalue weighted by Gasteiger charge is 2.08. The van der Waals surface area contributed by atoms with Crippen LogP contribution in [0.1, 0.15) is 21.5 Å². The molecule has 0 aliphatic carbocycles. The van der Waals surface area contributed by atoms with Crippen LogP contribution in [0.2, 0.25) is 0 Å². The molecule has 25 heavy (non-hydrogen) atoms. The molecule has 2 rings (SSSR count). The van der Waals surface area contributed by atoms with Crippen LogP contribution in [0.5, 0.6) is 11.5 Å². The van der Waals surface area contributed by atoms with Crippen molar-refractivity contribution in [2.24, 2.45) is 0 Å². The summed E-state index contributed by atoms with van der Waals surface area (Å²) in [5.41, 5.74) is 1.93. The lowest BCUT2D eigenvalue weighted by Gasteiger charge is -2.09. The molecule has 5 heteroatoms. The van der Waals surface area contributed by atoms with Crippen molar-refractivity contribution in [3.05, 3.63) is 59.2 Å². The van der Waals surface area contributed by atoms with Crippen molar-refractivity contribution in [3.63, 3.8) is 0 Å². The summed E-state index contributed by atoms with van der Waals surface area (Å²) in [5.74, 6) is 2.39. The van der Waals surface area contributed by atoms with E-state index in [2.05, 4.69) is 12.0 Å². The molecule has 2 aromatic rings. The number of aromatic carboxylic acids is 1. The molecule has 0 radical (unpaired) electrons. The maximum atomic E-state index is 10.9. The van der Waals surface area contributed by atoms with Crippen molar-refractivity contribution < 1.29 is 19.4 Å². The van der Waals surface area contributed by atoms with E-state index in [9.17, 15) is 10.1 Å². The third-order valence-electron chi connectivity index (χ3n) is 3.37. The molecule has 0 amide bonds. The van der Waals surface area contributed by atoms with Gasteiger partial charge >= 0.3 is 5.97 Å². The number of terminal acetylenes is 1. The molecule has 0 aromatic heterocycles. The lowest BCUT2D eigenvalue weighted by atomic mass is 10.0. The molecule has 0 spiro atoms. The Morgan fingerprint density at radius 2 is 1.88 bits per heavy atom. The Morgan fingerprint density at radius 1 is 1.20 bits per heavy atom. The number of rotatable bonds is 6. The minimum atomic E-state index is -1.01. The van der Waals surface area contributed by atoms with E-state index in [1.807, 2.05) is 0 Å². The van der Waals surface area contributed by atoms with Gasteiger partial charge in [-0.25, -0.2) is 4.79 Å². The average Bonchev–Trinajstić information content (AvgIpc) is 2.64. The Morgan fingerprint density at radius 3 is 2.44 bits per heavy atom. The topological polar surface area (TPSA) is 79.5 Å². The van der Waals surface area contributed by atoms with Crippen molar-refractivity contribution in [3.8, 4) is 29.9 Å². The molecule has 124 valence electrons. The largest absolute Gasteiger partial charge is 0.493 e. The Bertz CT molecular complexity index is 883. The van der Waals surface area contributed by atoms with Gasteiger partial charge in [0, 0.05) is 0 Å². The van der Waals surface area contributed by atoms with Gasteiger partial charge in [-0.1, -0.05) is 24.1 Å². The zero-order valence-corrected chi connectivity index (χ0v) is 13.5. The molecule has 0 atom stereocenters. The molecular weight excluding hydrogens is 318 g/mol. The predicted octanol–water partition coefficient (Wildman–Crippen LogP) is 3.47. The normalized spacial score (nSPS) is 10.4. The first-order valence-electron chi connectivity index (χ1n) is 7.29. The second kappa shape index (κ2) is 8.24. The van der Waals surface area contributed by atoms with Crippen molar-refractivity contribution in [2.45, 2.75) is 0 Å². The van der Waals surface area contributed by atoms with Gasteiger partial charge in [0.05, 0.1) is 24.3 Å². The fraction of sp³-hybridized carbons (Fsp3) is 0.100. The first-order valence-corrected chi connectivity index (χ1v) is 7.29. The van der Waals surface area contributed by atoms with Crippen molar-refractivity contribution in [1.82, 2.24) is 0 Å². The van der Waals surface area contributed by atoms with Crippen LogP contribution in [-0.2, 0) is 0 Å². The van der Waals surface area contributed by atoms with Gasteiger partial charge in [-0.15, -0.1) is 6.42 Å². The number of benzene rings is 2. The molecule has 0 bridgehead atoms. The monoisotopic (exact) mass is 333 g/mol. The van der Waals surface area contributed by atoms with Gasteiger partial charge in [-0.2, -0.15) is 5.26 Å². The van der Waals surface area contributed by atoms with Crippen LogP contribution in [0.4, 0.5) is 0 Å². The third-order valence-corrected chi connectivity index (χ3v) is 3.37. The van der Waals surface area contributed by atoms with Crippen LogP contribution in [-0.4, -0.2) is 24.8 Å². The minimum Gasteiger partial charge on any atom is -0.493 e. The third kappa shape index (κ3) is 4.40. The maximum Gasteiger partial charge on any atom is 0.335 e. The molecule has 0 unspecified atom stereocenters. The van der Waals surface area contributed by atoms with Crippen LogP contribution >= 0.6 is 0 Å². The SMILES string of the molecule is C#CCOc1ccc(/C=C(/C#N)c2ccc(C(=O)O)cc2)cc1OC. The van der Waals surface area contributed by atoms with Crippen LogP contribution in [0.15, 0.2) is 42.5 Å². The molecule has 0 aliphatic rings. The summed E-state index contributed by atoms with van der Waals surface area (Å²) in [5, 5.41) is 18.3. The molecule has 2 aromatic carbocycles. The lowest BCUT2D eigenvalue weighted by molar-refractivity contribution is 0.0697. The summed E-state index contributed by atoms with van der Waals surface area (Å²) in [6.07, 6.45) is 6.86. The van der Waals surface area contributed by atoms with Crippen LogP contribution in [0, 0.1) is 23.7 Å². The number of hydrogen-bond acceptors (Lipinski definition) is 4. The van der Waals surface area contributed by atoms with Gasteiger partial charge in [0.1, 0.15) is 6.61 Å². The molecule has 0 aliphatic heterocycles. The van der Waals surface area contributed by atoms with Gasteiger partial charge in [-0.05, 0) is 41.5 Å². The summed E-state index contributed by atoms with van der Waals surface area (Å²) in [6, 6.07) is 13.4. The van der Waals surface area contributed by atoms with Crippen molar-refractivity contribution in [1.29, 1.82) is 5.26 Å². The molecule has 0 fully saturated rings. The highest BCUT2D eigenvalue weighted by Crippen LogP contribution is 2.29. The van der Waals surface area contributed by atoms with E-state index in [1.165, 1.54) is 19.2 Å². The van der Waals surface area contributed by atoms with Crippen molar-refractivity contribution >= 4 is 17.6 Å². The fourth-order valence-electron chi connectivity index (χ4n) is 2.15. The molecule has 1 N–H and O–H groups in total. The summed E-state index contributed by atoms with van der Waals surface area (Å²) in [6.45, 7) is 0.130. The lowest BCUT2D eigenvalue weighted by Crippen LogP contribution is -1.97. The predicted molar refractivity (Wildman–Crippen MR) is 94.2 cm³/mol. The standard InChI is InChI=1S/C20H15NO4/c1-3-10-25-18-9-4-14(12-19(18)24-2)11-17(13-21)15-5-7-16(8-6-15)20(22)23/h1,4-9,11-12H,10H2,2H3,(H,22,23)/b17-11-. The molecular formula is C20H15NO4. The second-order valence-electron chi connectivity index (χ2n) is 4.96. The first kappa shape index (κ1) is 17.7. The second-order valence-corrected chi connectivity index (χ2v) is 4.96. The van der Waals surface area contributed by atoms with Crippen LogP contribution < -0.4 is 9.47 Å². The van der Waals surface area contributed by atoms with E-state index < -0.39 is 5.97 Å². The van der Waals surface area contributed by atoms with Gasteiger partial charge < -0.3 is 14.6 Å². The molecule has 0 heterocycles. The fourth-order valence-corrected chi connectivity index (χ4v) is 2.15. The van der Waals surface area contributed by atoms with E-state index in [4.69, 9.17) is 21.0 Å². The zero-order valence-electron chi connectivity index (χ0n) is 13.5. The Hall–Kier alpha value is -3.70. The van der Waals surface area contributed by atoms with Crippen LogP contribution in [0.25, 0.3) is 11.6 Å². The van der Waals surface area contributed by atoms with Crippen molar-refractivity contribution in [2.75, 3.05) is 13.7 Å². The number of nitrogens with zero attached hydrogens (tertiary/aromatic N) is 1. The highest BCUT2D eigenvalue weighted by atomic mass is 16.5. The van der Waals surface area contributed by atoms with Gasteiger partial charge in [0.2, 0.25) is 0 Å². The molecule has 0 saturated heterocycles. The van der Waals surface area contributed by atoms with Gasteiger partial charge in [0.25, 0.3) is 0 Å². The van der Waals surface area contributed by atoms with E-state index >= 15 is 0 Å². The summed E-state index contributed by atoms with van der Waals surface area (Å²) in [7, 11) is 1.52. The van der Waals surface area contributed by atoms with E-state index in [0.29, 0.717) is 22.6 Å². The number of allylic oxidation sites excluding steroid dienone is 1. The minimum absolute atomic E-state index is 0.130. The Kier molecular flexibility index (Phi) is 5.81. The Labute approximate surface area is 145 Å².